The molecule has 2 heteroatoms. The van der Waals surface area contributed by atoms with E-state index in [-0.39, 0.29) is 0 Å². The Morgan fingerprint density at radius 2 is 1.74 bits per heavy atom. The zero-order valence-corrected chi connectivity index (χ0v) is 12.2. The van der Waals surface area contributed by atoms with E-state index in [0.717, 1.165) is 18.0 Å². The summed E-state index contributed by atoms with van der Waals surface area (Å²) in [5, 5.41) is 4.10. The molecule has 0 spiro atoms. The van der Waals surface area contributed by atoms with E-state index in [1.165, 1.54) is 16.7 Å². The third-order valence-electron chi connectivity index (χ3n) is 3.47. The molecule has 1 nitrogen and oxygen atoms in total. The van der Waals surface area contributed by atoms with Crippen molar-refractivity contribution >= 4 is 11.6 Å². The second-order valence-electron chi connectivity index (χ2n) is 4.94. The SMILES string of the molecule is CNCC(Cc1ccc(Cl)cc1)c1ccccc1C. The molecule has 2 aromatic rings. The minimum atomic E-state index is 0.493. The maximum Gasteiger partial charge on any atom is 0.0406 e. The van der Waals surface area contributed by atoms with Crippen molar-refractivity contribution in [2.24, 2.45) is 0 Å². The first-order chi connectivity index (χ1) is 9.20. The summed E-state index contributed by atoms with van der Waals surface area (Å²) >= 11 is 5.94. The summed E-state index contributed by atoms with van der Waals surface area (Å²) in [5.41, 5.74) is 4.11. The summed E-state index contributed by atoms with van der Waals surface area (Å²) in [5.74, 6) is 0.493. The van der Waals surface area contributed by atoms with E-state index < -0.39 is 0 Å². The van der Waals surface area contributed by atoms with Gasteiger partial charge in [-0.1, -0.05) is 48.0 Å². The molecule has 0 heterocycles. The van der Waals surface area contributed by atoms with Crippen molar-refractivity contribution in [1.82, 2.24) is 5.32 Å². The van der Waals surface area contributed by atoms with E-state index in [0.29, 0.717) is 5.92 Å². The quantitative estimate of drug-likeness (QED) is 0.861. The molecule has 0 aliphatic carbocycles. The summed E-state index contributed by atoms with van der Waals surface area (Å²) in [7, 11) is 2.01. The van der Waals surface area contributed by atoms with E-state index in [2.05, 4.69) is 48.6 Å². The number of likely N-dealkylation sites (N-methyl/N-ethyl adjacent to an activating group) is 1. The van der Waals surface area contributed by atoms with Crippen LogP contribution in [0.15, 0.2) is 48.5 Å². The molecule has 1 N–H and O–H groups in total. The smallest absolute Gasteiger partial charge is 0.0406 e. The zero-order valence-electron chi connectivity index (χ0n) is 11.5. The average Bonchev–Trinajstić information content (AvgIpc) is 2.41. The highest BCUT2D eigenvalue weighted by atomic mass is 35.5. The number of hydrogen-bond donors (Lipinski definition) is 1. The number of hydrogen-bond acceptors (Lipinski definition) is 1. The van der Waals surface area contributed by atoms with Gasteiger partial charge in [0.15, 0.2) is 0 Å². The van der Waals surface area contributed by atoms with E-state index in [4.69, 9.17) is 11.6 Å². The van der Waals surface area contributed by atoms with Gasteiger partial charge in [-0.25, -0.2) is 0 Å². The molecule has 19 heavy (non-hydrogen) atoms. The Balaban J connectivity index is 2.21. The number of halogens is 1. The topological polar surface area (TPSA) is 12.0 Å². The molecular weight excluding hydrogens is 254 g/mol. The van der Waals surface area contributed by atoms with Crippen molar-refractivity contribution in [3.05, 3.63) is 70.2 Å². The summed E-state index contributed by atoms with van der Waals surface area (Å²) in [6.45, 7) is 3.16. The van der Waals surface area contributed by atoms with E-state index >= 15 is 0 Å². The van der Waals surface area contributed by atoms with Gasteiger partial charge in [0.2, 0.25) is 0 Å². The van der Waals surface area contributed by atoms with Crippen LogP contribution >= 0.6 is 11.6 Å². The monoisotopic (exact) mass is 273 g/mol. The van der Waals surface area contributed by atoms with Crippen molar-refractivity contribution in [1.29, 1.82) is 0 Å². The molecule has 0 saturated heterocycles. The average molecular weight is 274 g/mol. The number of nitrogens with one attached hydrogen (secondary N) is 1. The predicted octanol–water partition coefficient (Wildman–Crippen LogP) is 4.19. The fourth-order valence-corrected chi connectivity index (χ4v) is 2.61. The lowest BCUT2D eigenvalue weighted by Crippen LogP contribution is -2.19. The molecule has 2 aromatic carbocycles. The standard InChI is InChI=1S/C17H20ClN/c1-13-5-3-4-6-17(13)15(12-19-2)11-14-7-9-16(18)10-8-14/h3-10,15,19H,11-12H2,1-2H3. The highest BCUT2D eigenvalue weighted by molar-refractivity contribution is 6.30. The molecule has 0 fully saturated rings. The van der Waals surface area contributed by atoms with E-state index in [1.807, 2.05) is 19.2 Å². The Morgan fingerprint density at radius 1 is 1.05 bits per heavy atom. The number of rotatable bonds is 5. The van der Waals surface area contributed by atoms with E-state index in [1.54, 1.807) is 0 Å². The van der Waals surface area contributed by atoms with Crippen molar-refractivity contribution in [2.75, 3.05) is 13.6 Å². The summed E-state index contributed by atoms with van der Waals surface area (Å²) in [6, 6.07) is 16.8. The molecule has 2 rings (SSSR count). The van der Waals surface area contributed by atoms with Crippen LogP contribution in [-0.2, 0) is 6.42 Å². The highest BCUT2D eigenvalue weighted by Gasteiger charge is 2.13. The molecule has 0 bridgehead atoms. The lowest BCUT2D eigenvalue weighted by molar-refractivity contribution is 0.623. The summed E-state index contributed by atoms with van der Waals surface area (Å²) < 4.78 is 0. The molecule has 0 aromatic heterocycles. The van der Waals surface area contributed by atoms with Gasteiger partial charge < -0.3 is 5.32 Å². The van der Waals surface area contributed by atoms with Crippen LogP contribution in [0.25, 0.3) is 0 Å². The molecule has 0 aliphatic heterocycles. The van der Waals surface area contributed by atoms with Gasteiger partial charge in [0.1, 0.15) is 0 Å². The van der Waals surface area contributed by atoms with Gasteiger partial charge in [-0.05, 0) is 49.2 Å². The minimum Gasteiger partial charge on any atom is -0.319 e. The van der Waals surface area contributed by atoms with E-state index in [9.17, 15) is 0 Å². The molecule has 1 atom stereocenters. The fourth-order valence-electron chi connectivity index (χ4n) is 2.49. The van der Waals surface area contributed by atoms with Gasteiger partial charge >= 0.3 is 0 Å². The van der Waals surface area contributed by atoms with Crippen LogP contribution in [0.2, 0.25) is 5.02 Å². The Hall–Kier alpha value is -1.31. The predicted molar refractivity (Wildman–Crippen MR) is 83.0 cm³/mol. The fraction of sp³-hybridized carbons (Fsp3) is 0.294. The molecule has 0 radical (unpaired) electrons. The summed E-state index contributed by atoms with van der Waals surface area (Å²) in [4.78, 5) is 0. The lowest BCUT2D eigenvalue weighted by Gasteiger charge is -2.19. The molecular formula is C17H20ClN. The lowest BCUT2D eigenvalue weighted by atomic mass is 9.89. The van der Waals surface area contributed by atoms with Gasteiger partial charge in [-0.3, -0.25) is 0 Å². The first-order valence-electron chi connectivity index (χ1n) is 6.65. The molecule has 1 unspecified atom stereocenters. The molecule has 0 amide bonds. The third kappa shape index (κ3) is 3.82. The minimum absolute atomic E-state index is 0.493. The first-order valence-corrected chi connectivity index (χ1v) is 7.03. The van der Waals surface area contributed by atoms with Crippen LogP contribution in [0.4, 0.5) is 0 Å². The highest BCUT2D eigenvalue weighted by Crippen LogP contribution is 2.24. The zero-order chi connectivity index (χ0) is 13.7. The third-order valence-corrected chi connectivity index (χ3v) is 3.73. The second-order valence-corrected chi connectivity index (χ2v) is 5.38. The van der Waals surface area contributed by atoms with Gasteiger partial charge in [0, 0.05) is 17.5 Å². The maximum absolute atomic E-state index is 5.94. The van der Waals surface area contributed by atoms with Gasteiger partial charge in [0.05, 0.1) is 0 Å². The van der Waals surface area contributed by atoms with Crippen molar-refractivity contribution in [2.45, 2.75) is 19.3 Å². The molecule has 0 aliphatic rings. The van der Waals surface area contributed by atoms with Gasteiger partial charge in [-0.2, -0.15) is 0 Å². The van der Waals surface area contributed by atoms with Crippen LogP contribution in [0, 0.1) is 6.92 Å². The Labute approximate surface area is 120 Å². The van der Waals surface area contributed by atoms with Gasteiger partial charge in [-0.15, -0.1) is 0 Å². The number of benzene rings is 2. The first kappa shape index (κ1) is 14.1. The van der Waals surface area contributed by atoms with Crippen molar-refractivity contribution < 1.29 is 0 Å². The van der Waals surface area contributed by atoms with Crippen molar-refractivity contribution in [3.63, 3.8) is 0 Å². The maximum atomic E-state index is 5.94. The largest absolute Gasteiger partial charge is 0.319 e. The van der Waals surface area contributed by atoms with Gasteiger partial charge in [0.25, 0.3) is 0 Å². The Kier molecular flexibility index (Phi) is 5.00. The van der Waals surface area contributed by atoms with Crippen LogP contribution in [-0.4, -0.2) is 13.6 Å². The number of aryl methyl sites for hydroxylation is 1. The van der Waals surface area contributed by atoms with Crippen LogP contribution < -0.4 is 5.32 Å². The Morgan fingerprint density at radius 3 is 2.37 bits per heavy atom. The van der Waals surface area contributed by atoms with Crippen LogP contribution in [0.5, 0.6) is 0 Å². The molecule has 0 saturated carbocycles. The summed E-state index contributed by atoms with van der Waals surface area (Å²) in [6.07, 6.45) is 1.03. The Bertz CT molecular complexity index is 519. The van der Waals surface area contributed by atoms with Crippen LogP contribution in [0.3, 0.4) is 0 Å². The van der Waals surface area contributed by atoms with Crippen LogP contribution in [0.1, 0.15) is 22.6 Å². The normalized spacial score (nSPS) is 12.4. The van der Waals surface area contributed by atoms with Crippen molar-refractivity contribution in [3.8, 4) is 0 Å². The molecule has 100 valence electrons. The second kappa shape index (κ2) is 6.74.